The summed E-state index contributed by atoms with van der Waals surface area (Å²) in [7, 11) is 0. The van der Waals surface area contributed by atoms with Gasteiger partial charge in [-0.3, -0.25) is 14.6 Å². The minimum atomic E-state index is -1.07. The molecule has 0 aromatic heterocycles. The molecular weight excluding hydrogens is 381 g/mol. The molecule has 24 heavy (non-hydrogen) atoms. The lowest BCUT2D eigenvalue weighted by atomic mass is 9.73. The van der Waals surface area contributed by atoms with E-state index < -0.39 is 29.7 Å². The smallest absolute Gasteiger partial charge is 0.313 e. The second kappa shape index (κ2) is 6.22. The van der Waals surface area contributed by atoms with Crippen LogP contribution in [0, 0.1) is 11.7 Å². The SMILES string of the molecule is CC1=NC2=C(C(=O)C(C)OC2)C(c2ccc(F)c(Br)c2)C1C(=O)O. The summed E-state index contributed by atoms with van der Waals surface area (Å²) in [6.45, 7) is 3.41. The zero-order valence-electron chi connectivity index (χ0n) is 13.0. The minimum absolute atomic E-state index is 0.158. The third kappa shape index (κ3) is 2.71. The molecule has 126 valence electrons. The van der Waals surface area contributed by atoms with Crippen molar-refractivity contribution in [1.82, 2.24) is 0 Å². The Labute approximate surface area is 146 Å². The highest BCUT2D eigenvalue weighted by Crippen LogP contribution is 2.42. The van der Waals surface area contributed by atoms with Crippen molar-refractivity contribution in [2.75, 3.05) is 6.61 Å². The molecule has 2 aliphatic heterocycles. The summed E-state index contributed by atoms with van der Waals surface area (Å²) in [6, 6.07) is 4.29. The van der Waals surface area contributed by atoms with E-state index in [-0.39, 0.29) is 16.9 Å². The average Bonchev–Trinajstić information content (AvgIpc) is 2.52. The molecule has 1 aromatic carbocycles. The summed E-state index contributed by atoms with van der Waals surface area (Å²) < 4.78 is 19.2. The van der Waals surface area contributed by atoms with Gasteiger partial charge in [0.25, 0.3) is 0 Å². The van der Waals surface area contributed by atoms with Gasteiger partial charge < -0.3 is 9.84 Å². The Hall–Kier alpha value is -1.86. The van der Waals surface area contributed by atoms with Gasteiger partial charge in [-0.05, 0) is 47.5 Å². The van der Waals surface area contributed by atoms with E-state index in [9.17, 15) is 19.1 Å². The van der Waals surface area contributed by atoms with Crippen LogP contribution in [-0.4, -0.2) is 35.3 Å². The number of halogens is 2. The predicted molar refractivity (Wildman–Crippen MR) is 88.5 cm³/mol. The van der Waals surface area contributed by atoms with Crippen molar-refractivity contribution in [2.24, 2.45) is 10.9 Å². The van der Waals surface area contributed by atoms with Gasteiger partial charge in [-0.1, -0.05) is 6.07 Å². The van der Waals surface area contributed by atoms with Crippen LogP contribution in [0.4, 0.5) is 4.39 Å². The van der Waals surface area contributed by atoms with Crippen LogP contribution in [0.15, 0.2) is 38.9 Å². The zero-order chi connectivity index (χ0) is 17.6. The molecule has 1 aromatic rings. The Morgan fingerprint density at radius 2 is 2.17 bits per heavy atom. The van der Waals surface area contributed by atoms with Crippen LogP contribution in [0.1, 0.15) is 25.3 Å². The summed E-state index contributed by atoms with van der Waals surface area (Å²) in [5.74, 6) is -3.49. The number of aliphatic carboxylic acids is 1. The highest BCUT2D eigenvalue weighted by atomic mass is 79.9. The van der Waals surface area contributed by atoms with Crippen molar-refractivity contribution in [3.63, 3.8) is 0 Å². The molecule has 1 N–H and O–H groups in total. The quantitative estimate of drug-likeness (QED) is 0.834. The van der Waals surface area contributed by atoms with E-state index in [2.05, 4.69) is 20.9 Å². The number of rotatable bonds is 2. The summed E-state index contributed by atoms with van der Waals surface area (Å²) in [5, 5.41) is 9.67. The average molecular weight is 396 g/mol. The Bertz CT molecular complexity index is 802. The standard InChI is InChI=1S/C17H15BrFNO4/c1-7-13(17(22)23)14(9-3-4-11(19)10(18)5-9)15-12(20-7)6-24-8(2)16(15)21/h3-5,8,13-14H,6H2,1-2H3,(H,22,23). The molecular formula is C17H15BrFNO4. The first-order valence-corrected chi connectivity index (χ1v) is 8.22. The van der Waals surface area contributed by atoms with Crippen LogP contribution in [0.25, 0.3) is 0 Å². The van der Waals surface area contributed by atoms with Crippen LogP contribution in [0.3, 0.4) is 0 Å². The number of ether oxygens (including phenoxy) is 1. The molecule has 3 atom stereocenters. The van der Waals surface area contributed by atoms with Crippen molar-refractivity contribution in [1.29, 1.82) is 0 Å². The van der Waals surface area contributed by atoms with Gasteiger partial charge in [-0.25, -0.2) is 4.39 Å². The second-order valence-corrected chi connectivity index (χ2v) is 6.75. The number of nitrogens with zero attached hydrogens (tertiary/aromatic N) is 1. The van der Waals surface area contributed by atoms with E-state index in [0.717, 1.165) is 0 Å². The third-order valence-electron chi connectivity index (χ3n) is 4.39. The number of carbonyl (C=O) groups is 2. The molecule has 0 fully saturated rings. The molecule has 5 nitrogen and oxygen atoms in total. The van der Waals surface area contributed by atoms with E-state index in [1.807, 2.05) is 0 Å². The van der Waals surface area contributed by atoms with Crippen LogP contribution in [0.5, 0.6) is 0 Å². The van der Waals surface area contributed by atoms with Gasteiger partial charge in [0.2, 0.25) is 0 Å². The van der Waals surface area contributed by atoms with Crippen molar-refractivity contribution in [3.8, 4) is 0 Å². The molecule has 0 saturated carbocycles. The molecule has 0 spiro atoms. The normalized spacial score (nSPS) is 26.9. The summed E-state index contributed by atoms with van der Waals surface area (Å²) in [4.78, 5) is 28.8. The highest BCUT2D eigenvalue weighted by molar-refractivity contribution is 9.10. The predicted octanol–water partition coefficient (Wildman–Crippen LogP) is 3.09. The number of hydrogen-bond acceptors (Lipinski definition) is 4. The van der Waals surface area contributed by atoms with Crippen LogP contribution < -0.4 is 0 Å². The largest absolute Gasteiger partial charge is 0.481 e. The van der Waals surface area contributed by atoms with E-state index >= 15 is 0 Å². The van der Waals surface area contributed by atoms with Gasteiger partial charge in [0.1, 0.15) is 17.8 Å². The molecule has 0 aliphatic carbocycles. The minimum Gasteiger partial charge on any atom is -0.481 e. The number of carboxylic acid groups (broad SMARTS) is 1. The lowest BCUT2D eigenvalue weighted by molar-refractivity contribution is -0.140. The fourth-order valence-electron chi connectivity index (χ4n) is 3.22. The Balaban J connectivity index is 2.22. The van der Waals surface area contributed by atoms with Crippen LogP contribution >= 0.6 is 15.9 Å². The van der Waals surface area contributed by atoms with Crippen molar-refractivity contribution >= 4 is 33.4 Å². The van der Waals surface area contributed by atoms with Gasteiger partial charge in [0, 0.05) is 17.2 Å². The maximum atomic E-state index is 13.6. The van der Waals surface area contributed by atoms with Crippen molar-refractivity contribution in [2.45, 2.75) is 25.9 Å². The lowest BCUT2D eigenvalue weighted by Crippen LogP contribution is -2.41. The number of hydrogen-bond donors (Lipinski definition) is 1. The van der Waals surface area contributed by atoms with Crippen molar-refractivity contribution < 1.29 is 23.8 Å². The Morgan fingerprint density at radius 1 is 1.46 bits per heavy atom. The topological polar surface area (TPSA) is 76.0 Å². The molecule has 7 heteroatoms. The molecule has 3 rings (SSSR count). The Kier molecular flexibility index (Phi) is 4.40. The van der Waals surface area contributed by atoms with E-state index in [0.29, 0.717) is 22.5 Å². The first kappa shape index (κ1) is 17.0. The number of carboxylic acids is 1. The molecule has 3 unspecified atom stereocenters. The fraction of sp³-hybridized carbons (Fsp3) is 0.353. The van der Waals surface area contributed by atoms with E-state index in [4.69, 9.17) is 4.74 Å². The lowest BCUT2D eigenvalue weighted by Gasteiger charge is -2.35. The van der Waals surface area contributed by atoms with Gasteiger partial charge in [-0.15, -0.1) is 0 Å². The number of Topliss-reactive ketones (excluding diaryl/α,β-unsaturated/α-hetero) is 1. The summed E-state index contributed by atoms with van der Waals surface area (Å²) >= 11 is 3.12. The maximum Gasteiger partial charge on any atom is 0.313 e. The fourth-order valence-corrected chi connectivity index (χ4v) is 3.62. The highest BCUT2D eigenvalue weighted by Gasteiger charge is 2.44. The second-order valence-electron chi connectivity index (χ2n) is 5.90. The van der Waals surface area contributed by atoms with Gasteiger partial charge >= 0.3 is 5.97 Å². The molecule has 2 heterocycles. The molecule has 0 saturated heterocycles. The van der Waals surface area contributed by atoms with Crippen LogP contribution in [0.2, 0.25) is 0 Å². The first-order valence-electron chi connectivity index (χ1n) is 7.43. The third-order valence-corrected chi connectivity index (χ3v) is 5.00. The summed E-state index contributed by atoms with van der Waals surface area (Å²) in [5.41, 5.74) is 1.77. The molecule has 0 bridgehead atoms. The maximum absolute atomic E-state index is 13.6. The number of benzene rings is 1. The van der Waals surface area contributed by atoms with Crippen LogP contribution in [-0.2, 0) is 14.3 Å². The number of carbonyl (C=O) groups excluding carboxylic acids is 1. The molecule has 0 radical (unpaired) electrons. The van der Waals surface area contributed by atoms with E-state index in [1.54, 1.807) is 13.8 Å². The molecule has 0 amide bonds. The Morgan fingerprint density at radius 3 is 2.79 bits per heavy atom. The van der Waals surface area contributed by atoms with E-state index in [1.165, 1.54) is 18.2 Å². The van der Waals surface area contributed by atoms with Gasteiger partial charge in [0.05, 0.1) is 16.8 Å². The monoisotopic (exact) mass is 395 g/mol. The molecule has 2 aliphatic rings. The zero-order valence-corrected chi connectivity index (χ0v) is 14.6. The van der Waals surface area contributed by atoms with Gasteiger partial charge in [0.15, 0.2) is 5.78 Å². The van der Waals surface area contributed by atoms with Crippen molar-refractivity contribution in [3.05, 3.63) is 45.3 Å². The number of aliphatic imine (C=N–C) groups is 1. The summed E-state index contributed by atoms with van der Waals surface area (Å²) in [6.07, 6.45) is -0.654. The van der Waals surface area contributed by atoms with Gasteiger partial charge in [-0.2, -0.15) is 0 Å². The first-order chi connectivity index (χ1) is 11.3. The number of ketones is 1.